The van der Waals surface area contributed by atoms with E-state index in [1.165, 1.54) is 0 Å². The van der Waals surface area contributed by atoms with Gasteiger partial charge in [-0.05, 0) is 31.0 Å². The van der Waals surface area contributed by atoms with Crippen LogP contribution in [0, 0.1) is 13.8 Å². The van der Waals surface area contributed by atoms with Gasteiger partial charge in [0.1, 0.15) is 18.2 Å². The first-order valence-electron chi connectivity index (χ1n) is 6.40. The van der Waals surface area contributed by atoms with Gasteiger partial charge in [-0.3, -0.25) is 0 Å². The summed E-state index contributed by atoms with van der Waals surface area (Å²) in [5.41, 5.74) is 3.21. The fraction of sp³-hybridized carbons (Fsp3) is 0.312. The number of anilines is 1. The van der Waals surface area contributed by atoms with Crippen LogP contribution in [0.25, 0.3) is 0 Å². The lowest BCUT2D eigenvalue weighted by Crippen LogP contribution is -2.12. The van der Waals surface area contributed by atoms with E-state index in [0.29, 0.717) is 6.61 Å². The van der Waals surface area contributed by atoms with Crippen molar-refractivity contribution < 1.29 is 4.74 Å². The molecule has 0 atom stereocenters. The van der Waals surface area contributed by atoms with Crippen molar-refractivity contribution in [2.24, 2.45) is 0 Å². The highest BCUT2D eigenvalue weighted by molar-refractivity contribution is 5.48. The summed E-state index contributed by atoms with van der Waals surface area (Å²) < 4.78 is 5.91. The molecule has 3 nitrogen and oxygen atoms in total. The molecule has 100 valence electrons. The van der Waals surface area contributed by atoms with Gasteiger partial charge >= 0.3 is 0 Å². The SMILES string of the molecule is Cc1cc(N(C)C)nc(C)c1OCc1ccccc1. The zero-order valence-corrected chi connectivity index (χ0v) is 12.0. The van der Waals surface area contributed by atoms with E-state index in [0.717, 1.165) is 28.4 Å². The van der Waals surface area contributed by atoms with Crippen LogP contribution in [-0.2, 0) is 6.61 Å². The van der Waals surface area contributed by atoms with E-state index >= 15 is 0 Å². The van der Waals surface area contributed by atoms with Crippen LogP contribution in [0.1, 0.15) is 16.8 Å². The van der Waals surface area contributed by atoms with Crippen LogP contribution in [-0.4, -0.2) is 19.1 Å². The number of aromatic nitrogens is 1. The van der Waals surface area contributed by atoms with Gasteiger partial charge in [0.05, 0.1) is 5.69 Å². The van der Waals surface area contributed by atoms with E-state index in [2.05, 4.69) is 24.0 Å². The quantitative estimate of drug-likeness (QED) is 0.839. The second-order valence-electron chi connectivity index (χ2n) is 4.88. The van der Waals surface area contributed by atoms with Crippen molar-refractivity contribution in [1.29, 1.82) is 0 Å². The highest BCUT2D eigenvalue weighted by Crippen LogP contribution is 2.26. The van der Waals surface area contributed by atoms with E-state index in [-0.39, 0.29) is 0 Å². The Kier molecular flexibility index (Phi) is 4.05. The van der Waals surface area contributed by atoms with E-state index < -0.39 is 0 Å². The molecule has 1 aromatic heterocycles. The van der Waals surface area contributed by atoms with E-state index in [9.17, 15) is 0 Å². The summed E-state index contributed by atoms with van der Waals surface area (Å²) in [6, 6.07) is 12.2. The zero-order valence-electron chi connectivity index (χ0n) is 12.0. The molecule has 0 aliphatic heterocycles. The fourth-order valence-corrected chi connectivity index (χ4v) is 1.98. The lowest BCUT2D eigenvalue weighted by atomic mass is 10.2. The third-order valence-electron chi connectivity index (χ3n) is 3.00. The highest BCUT2D eigenvalue weighted by atomic mass is 16.5. The molecule has 0 amide bonds. The van der Waals surface area contributed by atoms with Crippen molar-refractivity contribution in [3.05, 3.63) is 53.2 Å². The second kappa shape index (κ2) is 5.74. The van der Waals surface area contributed by atoms with Crippen LogP contribution in [0.5, 0.6) is 5.75 Å². The van der Waals surface area contributed by atoms with Gasteiger partial charge in [0, 0.05) is 14.1 Å². The number of hydrogen-bond acceptors (Lipinski definition) is 3. The molecule has 2 rings (SSSR count). The molecule has 1 aromatic carbocycles. The van der Waals surface area contributed by atoms with Crippen LogP contribution in [0.3, 0.4) is 0 Å². The molecule has 1 heterocycles. The molecule has 19 heavy (non-hydrogen) atoms. The Morgan fingerprint density at radius 1 is 1.11 bits per heavy atom. The molecule has 0 N–H and O–H groups in total. The topological polar surface area (TPSA) is 25.4 Å². The van der Waals surface area contributed by atoms with Gasteiger partial charge in [0.25, 0.3) is 0 Å². The van der Waals surface area contributed by atoms with Gasteiger partial charge in [-0.25, -0.2) is 4.98 Å². The molecule has 0 aliphatic rings. The Labute approximate surface area is 114 Å². The van der Waals surface area contributed by atoms with E-state index in [4.69, 9.17) is 4.74 Å². The molecular formula is C16H20N2O. The molecule has 0 spiro atoms. The van der Waals surface area contributed by atoms with Crippen molar-refractivity contribution in [2.75, 3.05) is 19.0 Å². The Balaban J connectivity index is 2.17. The summed E-state index contributed by atoms with van der Waals surface area (Å²) in [5, 5.41) is 0. The summed E-state index contributed by atoms with van der Waals surface area (Å²) in [5.74, 6) is 1.84. The number of hydrogen-bond donors (Lipinski definition) is 0. The lowest BCUT2D eigenvalue weighted by Gasteiger charge is -2.17. The number of rotatable bonds is 4. The molecule has 0 unspecified atom stereocenters. The second-order valence-corrected chi connectivity index (χ2v) is 4.88. The van der Waals surface area contributed by atoms with Gasteiger partial charge in [-0.1, -0.05) is 30.3 Å². The van der Waals surface area contributed by atoms with Gasteiger partial charge in [0.2, 0.25) is 0 Å². The molecule has 3 heteroatoms. The van der Waals surface area contributed by atoms with Gasteiger partial charge in [0.15, 0.2) is 0 Å². The Hall–Kier alpha value is -2.03. The normalized spacial score (nSPS) is 10.3. The maximum atomic E-state index is 5.91. The molecule has 0 saturated carbocycles. The molecule has 0 fully saturated rings. The van der Waals surface area contributed by atoms with Crippen LogP contribution in [0.4, 0.5) is 5.82 Å². The molecular weight excluding hydrogens is 236 g/mol. The van der Waals surface area contributed by atoms with Crippen LogP contribution in [0.15, 0.2) is 36.4 Å². The summed E-state index contributed by atoms with van der Waals surface area (Å²) in [6.07, 6.45) is 0. The van der Waals surface area contributed by atoms with Gasteiger partial charge in [-0.2, -0.15) is 0 Å². The van der Waals surface area contributed by atoms with Crippen molar-refractivity contribution in [3.63, 3.8) is 0 Å². The molecule has 0 radical (unpaired) electrons. The Morgan fingerprint density at radius 3 is 2.37 bits per heavy atom. The summed E-state index contributed by atoms with van der Waals surface area (Å²) in [7, 11) is 3.98. The molecule has 0 saturated heterocycles. The van der Waals surface area contributed by atoms with Crippen molar-refractivity contribution in [1.82, 2.24) is 4.98 Å². The fourth-order valence-electron chi connectivity index (χ4n) is 1.98. The van der Waals surface area contributed by atoms with Crippen LogP contribution in [0.2, 0.25) is 0 Å². The van der Waals surface area contributed by atoms with Crippen LogP contribution < -0.4 is 9.64 Å². The standard InChI is InChI=1S/C16H20N2O/c1-12-10-15(18(3)4)17-13(2)16(12)19-11-14-8-6-5-7-9-14/h5-10H,11H2,1-4H3. The number of pyridine rings is 1. The molecule has 2 aromatic rings. The minimum absolute atomic E-state index is 0.575. The van der Waals surface area contributed by atoms with E-state index in [1.54, 1.807) is 0 Å². The summed E-state index contributed by atoms with van der Waals surface area (Å²) in [6.45, 7) is 4.62. The number of benzene rings is 1. The first-order valence-corrected chi connectivity index (χ1v) is 6.40. The Bertz CT molecular complexity index is 527. The molecule has 0 aliphatic carbocycles. The summed E-state index contributed by atoms with van der Waals surface area (Å²) in [4.78, 5) is 6.55. The third kappa shape index (κ3) is 3.25. The predicted molar refractivity (Wildman–Crippen MR) is 78.8 cm³/mol. The maximum Gasteiger partial charge on any atom is 0.144 e. The number of ether oxygens (including phenoxy) is 1. The minimum Gasteiger partial charge on any atom is -0.487 e. The van der Waals surface area contributed by atoms with E-state index in [1.807, 2.05) is 50.2 Å². The maximum absolute atomic E-state index is 5.91. The lowest BCUT2D eigenvalue weighted by molar-refractivity contribution is 0.300. The monoisotopic (exact) mass is 256 g/mol. The average molecular weight is 256 g/mol. The predicted octanol–water partition coefficient (Wildman–Crippen LogP) is 3.34. The largest absolute Gasteiger partial charge is 0.487 e. The first kappa shape index (κ1) is 13.4. The van der Waals surface area contributed by atoms with Crippen molar-refractivity contribution in [2.45, 2.75) is 20.5 Å². The van der Waals surface area contributed by atoms with Crippen LogP contribution >= 0.6 is 0 Å². The smallest absolute Gasteiger partial charge is 0.144 e. The highest BCUT2D eigenvalue weighted by Gasteiger charge is 2.09. The van der Waals surface area contributed by atoms with Crippen molar-refractivity contribution >= 4 is 5.82 Å². The van der Waals surface area contributed by atoms with Crippen molar-refractivity contribution in [3.8, 4) is 5.75 Å². The third-order valence-corrected chi connectivity index (χ3v) is 3.00. The number of nitrogens with zero attached hydrogens (tertiary/aromatic N) is 2. The van der Waals surface area contributed by atoms with Gasteiger partial charge in [-0.15, -0.1) is 0 Å². The number of aryl methyl sites for hydroxylation is 2. The minimum atomic E-state index is 0.575. The molecule has 0 bridgehead atoms. The zero-order chi connectivity index (χ0) is 13.8. The summed E-state index contributed by atoms with van der Waals surface area (Å²) >= 11 is 0. The van der Waals surface area contributed by atoms with Gasteiger partial charge < -0.3 is 9.64 Å². The average Bonchev–Trinajstić information content (AvgIpc) is 2.38. The first-order chi connectivity index (χ1) is 9.08. The Morgan fingerprint density at radius 2 is 1.79 bits per heavy atom.